The van der Waals surface area contributed by atoms with E-state index in [9.17, 15) is 9.59 Å². The lowest BCUT2D eigenvalue weighted by atomic mass is 10.2. The van der Waals surface area contributed by atoms with Crippen LogP contribution in [0.2, 0.25) is 0 Å². The molecule has 0 atom stereocenters. The molecule has 0 saturated carbocycles. The molecule has 5 nitrogen and oxygen atoms in total. The van der Waals surface area contributed by atoms with E-state index in [1.54, 1.807) is 12.1 Å². The van der Waals surface area contributed by atoms with Crippen molar-refractivity contribution in [2.75, 3.05) is 12.3 Å². The molecular weight excluding hydrogens is 264 g/mol. The van der Waals surface area contributed by atoms with Gasteiger partial charge in [-0.2, -0.15) is 5.26 Å². The lowest BCUT2D eigenvalue weighted by Gasteiger charge is -2.04. The van der Waals surface area contributed by atoms with Gasteiger partial charge in [0.15, 0.2) is 0 Å². The Bertz CT molecular complexity index is 480. The molecule has 2 N–H and O–H groups in total. The topological polar surface area (TPSA) is 90.2 Å². The van der Waals surface area contributed by atoms with Crippen molar-refractivity contribution in [3.8, 4) is 6.07 Å². The number of nitriles is 1. The molecule has 6 heteroatoms. The minimum Gasteiger partial charge on any atom is -0.481 e. The van der Waals surface area contributed by atoms with Crippen LogP contribution < -0.4 is 5.32 Å². The van der Waals surface area contributed by atoms with Gasteiger partial charge in [0, 0.05) is 12.3 Å². The Balaban J connectivity index is 2.20. The van der Waals surface area contributed by atoms with E-state index in [0.29, 0.717) is 17.1 Å². The normalized spacial score (nSPS) is 9.63. The summed E-state index contributed by atoms with van der Waals surface area (Å²) in [6.45, 7) is 0.158. The van der Waals surface area contributed by atoms with Gasteiger partial charge in [-0.25, -0.2) is 0 Å². The average Bonchev–Trinajstić information content (AvgIpc) is 2.39. The molecule has 0 fully saturated rings. The standard InChI is InChI=1S/C13H14N2O3S/c14-7-10-1-3-11(4-2-10)8-19-9-12(16)15-6-5-13(17)18/h1-4H,5-6,8-9H2,(H,15,16)(H,17,18). The van der Waals surface area contributed by atoms with Crippen LogP contribution in [0.4, 0.5) is 0 Å². The monoisotopic (exact) mass is 278 g/mol. The van der Waals surface area contributed by atoms with Crippen LogP contribution in [-0.4, -0.2) is 29.3 Å². The van der Waals surface area contributed by atoms with Crippen LogP contribution in [0, 0.1) is 11.3 Å². The number of hydrogen-bond acceptors (Lipinski definition) is 4. The molecule has 0 heterocycles. The summed E-state index contributed by atoms with van der Waals surface area (Å²) in [6, 6.07) is 9.23. The van der Waals surface area contributed by atoms with Gasteiger partial charge in [-0.05, 0) is 17.7 Å². The molecule has 1 amide bonds. The van der Waals surface area contributed by atoms with Crippen molar-refractivity contribution in [2.45, 2.75) is 12.2 Å². The average molecular weight is 278 g/mol. The summed E-state index contributed by atoms with van der Waals surface area (Å²) < 4.78 is 0. The zero-order valence-electron chi connectivity index (χ0n) is 10.3. The number of carboxylic acid groups (broad SMARTS) is 1. The number of thioether (sulfide) groups is 1. The molecule has 1 rings (SSSR count). The number of nitrogens with zero attached hydrogens (tertiary/aromatic N) is 1. The molecule has 0 unspecified atom stereocenters. The molecule has 0 saturated heterocycles. The van der Waals surface area contributed by atoms with E-state index in [4.69, 9.17) is 10.4 Å². The number of rotatable bonds is 7. The van der Waals surface area contributed by atoms with Gasteiger partial charge in [-0.1, -0.05) is 12.1 Å². The summed E-state index contributed by atoms with van der Waals surface area (Å²) in [5, 5.41) is 19.6. The van der Waals surface area contributed by atoms with Gasteiger partial charge in [0.05, 0.1) is 23.8 Å². The van der Waals surface area contributed by atoms with Crippen molar-refractivity contribution >= 4 is 23.6 Å². The number of carboxylic acids is 1. The number of nitrogens with one attached hydrogen (secondary N) is 1. The maximum absolute atomic E-state index is 11.3. The van der Waals surface area contributed by atoms with Gasteiger partial charge in [0.1, 0.15) is 0 Å². The zero-order valence-corrected chi connectivity index (χ0v) is 11.1. The maximum atomic E-state index is 11.3. The van der Waals surface area contributed by atoms with Gasteiger partial charge < -0.3 is 10.4 Å². The fourth-order valence-corrected chi connectivity index (χ4v) is 2.11. The van der Waals surface area contributed by atoms with Crippen LogP contribution >= 0.6 is 11.8 Å². The van der Waals surface area contributed by atoms with Crippen molar-refractivity contribution in [3.63, 3.8) is 0 Å². The minimum absolute atomic E-state index is 0.0635. The Morgan fingerprint density at radius 2 is 2.00 bits per heavy atom. The summed E-state index contributed by atoms with van der Waals surface area (Å²) in [4.78, 5) is 21.6. The highest BCUT2D eigenvalue weighted by Crippen LogP contribution is 2.12. The quantitative estimate of drug-likeness (QED) is 0.786. The second kappa shape index (κ2) is 8.16. The fraction of sp³-hybridized carbons (Fsp3) is 0.308. The predicted molar refractivity (Wildman–Crippen MR) is 72.6 cm³/mol. The molecule has 1 aromatic carbocycles. The van der Waals surface area contributed by atoms with E-state index in [-0.39, 0.29) is 18.9 Å². The lowest BCUT2D eigenvalue weighted by molar-refractivity contribution is -0.136. The van der Waals surface area contributed by atoms with E-state index in [1.165, 1.54) is 11.8 Å². The Morgan fingerprint density at radius 1 is 1.32 bits per heavy atom. The highest BCUT2D eigenvalue weighted by molar-refractivity contribution is 7.99. The molecule has 0 aromatic heterocycles. The summed E-state index contributed by atoms with van der Waals surface area (Å²) in [6.07, 6.45) is -0.0635. The minimum atomic E-state index is -0.925. The first-order chi connectivity index (χ1) is 9.11. The molecular formula is C13H14N2O3S. The first-order valence-corrected chi connectivity index (χ1v) is 6.82. The largest absolute Gasteiger partial charge is 0.481 e. The number of carbonyl (C=O) groups excluding carboxylic acids is 1. The number of carbonyl (C=O) groups is 2. The second-order valence-electron chi connectivity index (χ2n) is 3.80. The molecule has 0 aliphatic carbocycles. The van der Waals surface area contributed by atoms with E-state index in [1.807, 2.05) is 18.2 Å². The Morgan fingerprint density at radius 3 is 2.58 bits per heavy atom. The van der Waals surface area contributed by atoms with E-state index < -0.39 is 5.97 Å². The lowest BCUT2D eigenvalue weighted by Crippen LogP contribution is -2.27. The third kappa shape index (κ3) is 6.48. The van der Waals surface area contributed by atoms with Crippen LogP contribution in [0.15, 0.2) is 24.3 Å². The van der Waals surface area contributed by atoms with E-state index in [2.05, 4.69) is 5.32 Å². The molecule has 19 heavy (non-hydrogen) atoms. The molecule has 0 aliphatic heterocycles. The summed E-state index contributed by atoms with van der Waals surface area (Å²) in [5.41, 5.74) is 1.66. The van der Waals surface area contributed by atoms with Gasteiger partial charge in [-0.15, -0.1) is 11.8 Å². The molecule has 0 spiro atoms. The maximum Gasteiger partial charge on any atom is 0.305 e. The van der Waals surface area contributed by atoms with Crippen molar-refractivity contribution in [1.82, 2.24) is 5.32 Å². The number of aliphatic carboxylic acids is 1. The van der Waals surface area contributed by atoms with Gasteiger partial charge in [-0.3, -0.25) is 9.59 Å². The van der Waals surface area contributed by atoms with Gasteiger partial charge in [0.2, 0.25) is 5.91 Å². The molecule has 0 bridgehead atoms. The van der Waals surface area contributed by atoms with Crippen LogP contribution in [0.3, 0.4) is 0 Å². The summed E-state index contributed by atoms with van der Waals surface area (Å²) in [7, 11) is 0. The SMILES string of the molecule is N#Cc1ccc(CSCC(=O)NCCC(=O)O)cc1. The number of hydrogen-bond donors (Lipinski definition) is 2. The van der Waals surface area contributed by atoms with Crippen molar-refractivity contribution in [1.29, 1.82) is 5.26 Å². The highest BCUT2D eigenvalue weighted by atomic mass is 32.2. The third-order valence-corrected chi connectivity index (χ3v) is 3.25. The molecule has 100 valence electrons. The van der Waals surface area contributed by atoms with Gasteiger partial charge in [0.25, 0.3) is 0 Å². The summed E-state index contributed by atoms with van der Waals surface area (Å²) >= 11 is 1.44. The van der Waals surface area contributed by atoms with E-state index >= 15 is 0 Å². The zero-order chi connectivity index (χ0) is 14.1. The number of benzene rings is 1. The van der Waals surface area contributed by atoms with Crippen LogP contribution in [0.5, 0.6) is 0 Å². The third-order valence-electron chi connectivity index (χ3n) is 2.25. The number of amides is 1. The Hall–Kier alpha value is -2.00. The first-order valence-electron chi connectivity index (χ1n) is 5.67. The summed E-state index contributed by atoms with van der Waals surface area (Å²) in [5.74, 6) is -0.122. The van der Waals surface area contributed by atoms with Crippen LogP contribution in [0.25, 0.3) is 0 Å². The fourth-order valence-electron chi connectivity index (χ4n) is 1.30. The van der Waals surface area contributed by atoms with Crippen molar-refractivity contribution in [2.24, 2.45) is 0 Å². The van der Waals surface area contributed by atoms with Crippen LogP contribution in [0.1, 0.15) is 17.5 Å². The molecule has 0 aliphatic rings. The second-order valence-corrected chi connectivity index (χ2v) is 4.78. The van der Waals surface area contributed by atoms with Crippen molar-refractivity contribution in [3.05, 3.63) is 35.4 Å². The highest BCUT2D eigenvalue weighted by Gasteiger charge is 2.03. The van der Waals surface area contributed by atoms with Gasteiger partial charge >= 0.3 is 5.97 Å². The van der Waals surface area contributed by atoms with Crippen LogP contribution in [-0.2, 0) is 15.3 Å². The smallest absolute Gasteiger partial charge is 0.305 e. The first kappa shape index (κ1) is 15.1. The molecule has 1 aromatic rings. The Kier molecular flexibility index (Phi) is 6.47. The predicted octanol–water partition coefficient (Wildman–Crippen LogP) is 1.38. The Labute approximate surface area is 115 Å². The van der Waals surface area contributed by atoms with E-state index in [0.717, 1.165) is 5.56 Å². The van der Waals surface area contributed by atoms with Crippen molar-refractivity contribution < 1.29 is 14.7 Å². The molecule has 0 radical (unpaired) electrons.